The first-order valence-corrected chi connectivity index (χ1v) is 6.15. The highest BCUT2D eigenvalue weighted by molar-refractivity contribution is 14.1. The van der Waals surface area contributed by atoms with E-state index in [0.29, 0.717) is 6.54 Å². The standard InChI is InChI=1S/C10H10ClIN4/c1-16-6-8(14-15-16)5-13-10-3-2-7(12)4-9(10)11/h2-4,6,13H,5H2,1H3. The third-order valence-electron chi connectivity index (χ3n) is 2.04. The Morgan fingerprint density at radius 3 is 2.94 bits per heavy atom. The zero-order valence-electron chi connectivity index (χ0n) is 8.61. The summed E-state index contributed by atoms with van der Waals surface area (Å²) in [7, 11) is 1.84. The molecule has 6 heteroatoms. The van der Waals surface area contributed by atoms with Crippen LogP contribution in [0.5, 0.6) is 0 Å². The summed E-state index contributed by atoms with van der Waals surface area (Å²) < 4.78 is 2.79. The number of nitrogens with zero attached hydrogens (tertiary/aromatic N) is 3. The fraction of sp³-hybridized carbons (Fsp3) is 0.200. The van der Waals surface area contributed by atoms with Gasteiger partial charge in [0.05, 0.1) is 17.3 Å². The molecule has 0 fully saturated rings. The van der Waals surface area contributed by atoms with Gasteiger partial charge < -0.3 is 5.32 Å². The van der Waals surface area contributed by atoms with E-state index >= 15 is 0 Å². The molecule has 0 bridgehead atoms. The Balaban J connectivity index is 2.04. The van der Waals surface area contributed by atoms with Gasteiger partial charge in [0, 0.05) is 16.8 Å². The summed E-state index contributed by atoms with van der Waals surface area (Å²) in [4.78, 5) is 0. The molecule has 0 spiro atoms. The summed E-state index contributed by atoms with van der Waals surface area (Å²) in [6.07, 6.45) is 1.87. The molecule has 0 amide bonds. The number of hydrogen-bond acceptors (Lipinski definition) is 3. The minimum absolute atomic E-state index is 0.619. The fourth-order valence-electron chi connectivity index (χ4n) is 1.29. The average molecular weight is 349 g/mol. The molecular formula is C10H10ClIN4. The highest BCUT2D eigenvalue weighted by Crippen LogP contribution is 2.24. The maximum absolute atomic E-state index is 6.09. The van der Waals surface area contributed by atoms with Gasteiger partial charge in [0.1, 0.15) is 5.69 Å². The van der Waals surface area contributed by atoms with Crippen LogP contribution < -0.4 is 5.32 Å². The maximum atomic E-state index is 6.09. The van der Waals surface area contributed by atoms with Crippen LogP contribution in [-0.4, -0.2) is 15.0 Å². The van der Waals surface area contributed by atoms with E-state index in [1.165, 1.54) is 0 Å². The Bertz CT molecular complexity index is 497. The van der Waals surface area contributed by atoms with Crippen LogP contribution in [0, 0.1) is 3.57 Å². The second-order valence-corrected chi connectivity index (χ2v) is 5.01. The minimum Gasteiger partial charge on any atom is -0.378 e. The third-order valence-corrected chi connectivity index (χ3v) is 3.02. The molecule has 16 heavy (non-hydrogen) atoms. The molecule has 0 saturated carbocycles. The second kappa shape index (κ2) is 5.01. The SMILES string of the molecule is Cn1cc(CNc2ccc(I)cc2Cl)nn1. The Labute approximate surface area is 112 Å². The number of hydrogen-bond donors (Lipinski definition) is 1. The van der Waals surface area contributed by atoms with Crippen molar-refractivity contribution in [3.05, 3.63) is 38.7 Å². The number of benzene rings is 1. The Kier molecular flexibility index (Phi) is 3.65. The van der Waals surface area contributed by atoms with E-state index in [1.807, 2.05) is 31.4 Å². The van der Waals surface area contributed by atoms with Gasteiger partial charge in [-0.15, -0.1) is 5.10 Å². The molecule has 0 aliphatic rings. The van der Waals surface area contributed by atoms with E-state index in [4.69, 9.17) is 11.6 Å². The van der Waals surface area contributed by atoms with Crippen LogP contribution in [0.4, 0.5) is 5.69 Å². The van der Waals surface area contributed by atoms with Crippen molar-refractivity contribution in [2.24, 2.45) is 7.05 Å². The lowest BCUT2D eigenvalue weighted by molar-refractivity contribution is 0.713. The van der Waals surface area contributed by atoms with Crippen molar-refractivity contribution in [3.8, 4) is 0 Å². The predicted molar refractivity (Wildman–Crippen MR) is 72.5 cm³/mol. The third kappa shape index (κ3) is 2.85. The van der Waals surface area contributed by atoms with E-state index in [2.05, 4.69) is 38.2 Å². The number of halogens is 2. The van der Waals surface area contributed by atoms with Crippen molar-refractivity contribution in [2.45, 2.75) is 6.54 Å². The second-order valence-electron chi connectivity index (χ2n) is 3.36. The van der Waals surface area contributed by atoms with Crippen molar-refractivity contribution in [3.63, 3.8) is 0 Å². The van der Waals surface area contributed by atoms with E-state index in [1.54, 1.807) is 4.68 Å². The van der Waals surface area contributed by atoms with Crippen molar-refractivity contribution in [1.29, 1.82) is 0 Å². The van der Waals surface area contributed by atoms with Crippen LogP contribution in [-0.2, 0) is 13.6 Å². The average Bonchev–Trinajstić information content (AvgIpc) is 2.63. The predicted octanol–water partition coefficient (Wildman–Crippen LogP) is 2.69. The van der Waals surface area contributed by atoms with Gasteiger partial charge in [-0.3, -0.25) is 4.68 Å². The lowest BCUT2D eigenvalue weighted by Gasteiger charge is -2.06. The molecule has 1 aromatic carbocycles. The van der Waals surface area contributed by atoms with Crippen LogP contribution in [0.25, 0.3) is 0 Å². The highest BCUT2D eigenvalue weighted by atomic mass is 127. The number of aromatic nitrogens is 3. The summed E-state index contributed by atoms with van der Waals surface area (Å²) in [6, 6.07) is 5.88. The van der Waals surface area contributed by atoms with Crippen LogP contribution >= 0.6 is 34.2 Å². The summed E-state index contributed by atoms with van der Waals surface area (Å²) in [5.41, 5.74) is 1.80. The Hall–Kier alpha value is -0.820. The Morgan fingerprint density at radius 1 is 1.50 bits per heavy atom. The van der Waals surface area contributed by atoms with Gasteiger partial charge in [0.25, 0.3) is 0 Å². The molecule has 0 aliphatic heterocycles. The monoisotopic (exact) mass is 348 g/mol. The lowest BCUT2D eigenvalue weighted by Crippen LogP contribution is -2.00. The molecule has 0 aliphatic carbocycles. The normalized spacial score (nSPS) is 10.4. The molecule has 0 atom stereocenters. The number of rotatable bonds is 3. The molecule has 1 aromatic heterocycles. The minimum atomic E-state index is 0.619. The molecule has 1 N–H and O–H groups in total. The van der Waals surface area contributed by atoms with Gasteiger partial charge in [-0.05, 0) is 40.8 Å². The molecule has 0 saturated heterocycles. The molecule has 84 valence electrons. The molecule has 4 nitrogen and oxygen atoms in total. The fourth-order valence-corrected chi connectivity index (χ4v) is 2.22. The first kappa shape index (κ1) is 11.7. The van der Waals surface area contributed by atoms with Gasteiger partial charge in [-0.25, -0.2) is 0 Å². The number of anilines is 1. The van der Waals surface area contributed by atoms with Crippen molar-refractivity contribution in [2.75, 3.05) is 5.32 Å². The van der Waals surface area contributed by atoms with E-state index < -0.39 is 0 Å². The lowest BCUT2D eigenvalue weighted by atomic mass is 10.3. The summed E-state index contributed by atoms with van der Waals surface area (Å²) in [6.45, 7) is 0.619. The van der Waals surface area contributed by atoms with Gasteiger partial charge >= 0.3 is 0 Å². The molecule has 2 rings (SSSR count). The smallest absolute Gasteiger partial charge is 0.102 e. The van der Waals surface area contributed by atoms with Gasteiger partial charge in [0.2, 0.25) is 0 Å². The zero-order chi connectivity index (χ0) is 11.5. The molecule has 0 unspecified atom stereocenters. The first-order chi connectivity index (χ1) is 7.65. The summed E-state index contributed by atoms with van der Waals surface area (Å²) in [5.74, 6) is 0. The molecular weight excluding hydrogens is 338 g/mol. The topological polar surface area (TPSA) is 42.7 Å². The van der Waals surface area contributed by atoms with Crippen LogP contribution in [0.3, 0.4) is 0 Å². The van der Waals surface area contributed by atoms with Crippen LogP contribution in [0.2, 0.25) is 5.02 Å². The molecule has 2 aromatic rings. The molecule has 1 heterocycles. The maximum Gasteiger partial charge on any atom is 0.102 e. The Morgan fingerprint density at radius 2 is 2.31 bits per heavy atom. The largest absolute Gasteiger partial charge is 0.378 e. The highest BCUT2D eigenvalue weighted by Gasteiger charge is 2.02. The van der Waals surface area contributed by atoms with Crippen LogP contribution in [0.1, 0.15) is 5.69 Å². The van der Waals surface area contributed by atoms with E-state index in [0.717, 1.165) is 20.0 Å². The van der Waals surface area contributed by atoms with Crippen molar-refractivity contribution in [1.82, 2.24) is 15.0 Å². The summed E-state index contributed by atoms with van der Waals surface area (Å²) >= 11 is 8.32. The zero-order valence-corrected chi connectivity index (χ0v) is 11.5. The molecule has 0 radical (unpaired) electrons. The van der Waals surface area contributed by atoms with Gasteiger partial charge in [-0.1, -0.05) is 16.8 Å². The van der Waals surface area contributed by atoms with Crippen molar-refractivity contribution < 1.29 is 0 Å². The number of aryl methyl sites for hydroxylation is 1. The summed E-state index contributed by atoms with van der Waals surface area (Å²) in [5, 5.41) is 11.8. The van der Waals surface area contributed by atoms with E-state index in [9.17, 15) is 0 Å². The van der Waals surface area contributed by atoms with E-state index in [-0.39, 0.29) is 0 Å². The first-order valence-electron chi connectivity index (χ1n) is 4.69. The number of nitrogens with one attached hydrogen (secondary N) is 1. The van der Waals surface area contributed by atoms with Gasteiger partial charge in [-0.2, -0.15) is 0 Å². The van der Waals surface area contributed by atoms with Crippen molar-refractivity contribution >= 4 is 39.9 Å². The van der Waals surface area contributed by atoms with Gasteiger partial charge in [0.15, 0.2) is 0 Å². The quantitative estimate of drug-likeness (QED) is 0.867. The van der Waals surface area contributed by atoms with Crippen LogP contribution in [0.15, 0.2) is 24.4 Å².